The number of guanidine groups is 1. The molecule has 1 amide bonds. The zero-order valence-electron chi connectivity index (χ0n) is 14.9. The number of rotatable bonds is 8. The summed E-state index contributed by atoms with van der Waals surface area (Å²) in [6.07, 6.45) is 7.34. The molecule has 0 heterocycles. The summed E-state index contributed by atoms with van der Waals surface area (Å²) in [6.45, 7) is 8.59. The number of nitrogens with zero attached hydrogens (tertiary/aromatic N) is 1. The van der Waals surface area contributed by atoms with Gasteiger partial charge in [-0.1, -0.05) is 12.8 Å². The molecule has 1 fully saturated rings. The zero-order valence-corrected chi connectivity index (χ0v) is 18.1. The van der Waals surface area contributed by atoms with Gasteiger partial charge in [-0.25, -0.2) is 0 Å². The van der Waals surface area contributed by atoms with Gasteiger partial charge in [0.15, 0.2) is 5.96 Å². The van der Waals surface area contributed by atoms with Crippen LogP contribution >= 0.6 is 35.7 Å². The molecule has 3 N–H and O–H groups in total. The van der Waals surface area contributed by atoms with E-state index in [9.17, 15) is 4.79 Å². The summed E-state index contributed by atoms with van der Waals surface area (Å²) in [7, 11) is 0. The first-order valence-electron chi connectivity index (χ1n) is 8.33. The van der Waals surface area contributed by atoms with Crippen LogP contribution in [0, 0.1) is 0 Å². The first kappa shape index (κ1) is 22.8. The molecule has 1 rings (SSSR count). The highest BCUT2D eigenvalue weighted by Crippen LogP contribution is 2.21. The molecule has 0 aromatic rings. The predicted molar refractivity (Wildman–Crippen MR) is 112 cm³/mol. The molecule has 7 heteroatoms. The fourth-order valence-corrected chi connectivity index (χ4v) is 2.53. The van der Waals surface area contributed by atoms with Gasteiger partial charge in [-0.15, -0.1) is 24.0 Å². The highest BCUT2D eigenvalue weighted by Gasteiger charge is 2.17. The Hall–Kier alpha value is -0.180. The van der Waals surface area contributed by atoms with Crippen LogP contribution in [-0.4, -0.2) is 48.5 Å². The van der Waals surface area contributed by atoms with Crippen molar-refractivity contribution in [1.29, 1.82) is 0 Å². The van der Waals surface area contributed by atoms with Crippen LogP contribution in [0.1, 0.15) is 52.9 Å². The van der Waals surface area contributed by atoms with Gasteiger partial charge >= 0.3 is 0 Å². The van der Waals surface area contributed by atoms with Crippen molar-refractivity contribution in [3.8, 4) is 0 Å². The average molecular weight is 456 g/mol. The van der Waals surface area contributed by atoms with Crippen molar-refractivity contribution in [3.63, 3.8) is 0 Å². The molecule has 0 unspecified atom stereocenters. The highest BCUT2D eigenvalue weighted by molar-refractivity contribution is 14.0. The van der Waals surface area contributed by atoms with Crippen LogP contribution in [0.2, 0.25) is 0 Å². The van der Waals surface area contributed by atoms with E-state index in [1.165, 1.54) is 12.8 Å². The fourth-order valence-electron chi connectivity index (χ4n) is 2.34. The normalized spacial score (nSPS) is 15.9. The third-order valence-electron chi connectivity index (χ3n) is 3.88. The van der Waals surface area contributed by atoms with Gasteiger partial charge in [0.05, 0.1) is 6.54 Å². The predicted octanol–water partition coefficient (Wildman–Crippen LogP) is 2.75. The molecule has 0 aromatic heterocycles. The third kappa shape index (κ3) is 10.3. The van der Waals surface area contributed by atoms with Crippen LogP contribution in [0.25, 0.3) is 0 Å². The maximum Gasteiger partial charge on any atom is 0.221 e. The molecule has 0 aliphatic heterocycles. The monoisotopic (exact) mass is 456 g/mol. The van der Waals surface area contributed by atoms with E-state index in [0.29, 0.717) is 19.0 Å². The molecular weight excluding hydrogens is 423 g/mol. The summed E-state index contributed by atoms with van der Waals surface area (Å²) in [5.74, 6) is 0.929. The number of carbonyl (C=O) groups is 1. The van der Waals surface area contributed by atoms with Gasteiger partial charge in [-0.3, -0.25) is 9.79 Å². The van der Waals surface area contributed by atoms with Crippen molar-refractivity contribution in [3.05, 3.63) is 0 Å². The van der Waals surface area contributed by atoms with Gasteiger partial charge in [0.2, 0.25) is 5.91 Å². The first-order valence-corrected chi connectivity index (χ1v) is 9.56. The SMILES string of the molecule is CCNC(=NCC(C)(C)SC)NCCC(=O)NC1CCCC1.I. The molecule has 0 saturated heterocycles. The van der Waals surface area contributed by atoms with E-state index in [-0.39, 0.29) is 34.6 Å². The number of carbonyl (C=O) groups excluding carboxylic acids is 1. The standard InChI is InChI=1S/C16H32N4OS.HI/c1-5-17-15(19-12-16(2,3)22-4)18-11-10-14(21)20-13-8-6-7-9-13;/h13H,5-12H2,1-4H3,(H,20,21)(H2,17,18,19);1H. The lowest BCUT2D eigenvalue weighted by molar-refractivity contribution is -0.121. The smallest absolute Gasteiger partial charge is 0.221 e. The summed E-state index contributed by atoms with van der Waals surface area (Å²) >= 11 is 1.81. The van der Waals surface area contributed by atoms with Gasteiger partial charge in [-0.2, -0.15) is 11.8 Å². The molecule has 0 atom stereocenters. The molecule has 0 radical (unpaired) electrons. The quantitative estimate of drug-likeness (QED) is 0.299. The van der Waals surface area contributed by atoms with Crippen molar-refractivity contribution in [2.75, 3.05) is 25.9 Å². The van der Waals surface area contributed by atoms with Crippen molar-refractivity contribution >= 4 is 47.6 Å². The van der Waals surface area contributed by atoms with Crippen LogP contribution < -0.4 is 16.0 Å². The Kier molecular flexibility index (Phi) is 12.1. The second-order valence-corrected chi connectivity index (χ2v) is 7.90. The van der Waals surface area contributed by atoms with Gasteiger partial charge < -0.3 is 16.0 Å². The minimum atomic E-state index is 0. The van der Waals surface area contributed by atoms with Crippen LogP contribution in [0.15, 0.2) is 4.99 Å². The lowest BCUT2D eigenvalue weighted by Gasteiger charge is -2.20. The zero-order chi connectivity index (χ0) is 16.4. The summed E-state index contributed by atoms with van der Waals surface area (Å²) < 4.78 is 0.127. The molecule has 0 aromatic carbocycles. The van der Waals surface area contributed by atoms with E-state index >= 15 is 0 Å². The molecule has 5 nitrogen and oxygen atoms in total. The Bertz CT molecular complexity index is 371. The summed E-state index contributed by atoms with van der Waals surface area (Å²) in [4.78, 5) is 16.5. The van der Waals surface area contributed by atoms with Crippen molar-refractivity contribution < 1.29 is 4.79 Å². The van der Waals surface area contributed by atoms with Gasteiger partial charge in [0.1, 0.15) is 0 Å². The number of amides is 1. The first-order chi connectivity index (χ1) is 10.5. The topological polar surface area (TPSA) is 65.5 Å². The van der Waals surface area contributed by atoms with Gasteiger partial charge in [0, 0.05) is 30.3 Å². The van der Waals surface area contributed by atoms with Crippen LogP contribution in [-0.2, 0) is 4.79 Å². The van der Waals surface area contributed by atoms with E-state index in [1.807, 2.05) is 6.92 Å². The Morgan fingerprint density at radius 1 is 1.26 bits per heavy atom. The Morgan fingerprint density at radius 3 is 2.48 bits per heavy atom. The summed E-state index contributed by atoms with van der Waals surface area (Å²) in [5, 5.41) is 9.57. The Labute approximate surface area is 162 Å². The number of nitrogens with one attached hydrogen (secondary N) is 3. The highest BCUT2D eigenvalue weighted by atomic mass is 127. The van der Waals surface area contributed by atoms with Gasteiger partial charge in [0.25, 0.3) is 0 Å². The largest absolute Gasteiger partial charge is 0.357 e. The number of thioether (sulfide) groups is 1. The van der Waals surface area contributed by atoms with Crippen LogP contribution in [0.3, 0.4) is 0 Å². The Morgan fingerprint density at radius 2 is 1.91 bits per heavy atom. The lowest BCUT2D eigenvalue weighted by atomic mass is 10.2. The van der Waals surface area contributed by atoms with E-state index in [1.54, 1.807) is 11.8 Å². The fraction of sp³-hybridized carbons (Fsp3) is 0.875. The molecule has 23 heavy (non-hydrogen) atoms. The molecule has 1 aliphatic carbocycles. The lowest BCUT2D eigenvalue weighted by Crippen LogP contribution is -2.41. The minimum absolute atomic E-state index is 0. The molecule has 1 aliphatic rings. The van der Waals surface area contributed by atoms with Gasteiger partial charge in [-0.05, 0) is 39.9 Å². The summed E-state index contributed by atoms with van der Waals surface area (Å²) in [5.41, 5.74) is 0. The molecule has 0 bridgehead atoms. The second kappa shape index (κ2) is 12.2. The number of hydrogen-bond acceptors (Lipinski definition) is 3. The summed E-state index contributed by atoms with van der Waals surface area (Å²) in [6, 6.07) is 0.400. The third-order valence-corrected chi connectivity index (χ3v) is 5.11. The van der Waals surface area contributed by atoms with Crippen LogP contribution in [0.5, 0.6) is 0 Å². The molecule has 136 valence electrons. The van der Waals surface area contributed by atoms with Crippen molar-refractivity contribution in [1.82, 2.24) is 16.0 Å². The number of hydrogen-bond donors (Lipinski definition) is 3. The van der Waals surface area contributed by atoms with Crippen LogP contribution in [0.4, 0.5) is 0 Å². The maximum atomic E-state index is 11.9. The maximum absolute atomic E-state index is 11.9. The minimum Gasteiger partial charge on any atom is -0.357 e. The Balaban J connectivity index is 0.00000484. The average Bonchev–Trinajstić information content (AvgIpc) is 2.97. The van der Waals surface area contributed by atoms with E-state index in [2.05, 4.69) is 41.0 Å². The molecular formula is C16H33IN4OS. The molecule has 1 saturated carbocycles. The number of halogens is 1. The van der Waals surface area contributed by atoms with E-state index in [4.69, 9.17) is 0 Å². The van der Waals surface area contributed by atoms with Crippen molar-refractivity contribution in [2.24, 2.45) is 4.99 Å². The number of aliphatic imine (C=N–C) groups is 1. The van der Waals surface area contributed by atoms with Crippen molar-refractivity contribution in [2.45, 2.75) is 63.7 Å². The van der Waals surface area contributed by atoms with E-state index < -0.39 is 0 Å². The van der Waals surface area contributed by atoms with E-state index in [0.717, 1.165) is 31.9 Å². The second-order valence-electron chi connectivity index (χ2n) is 6.38. The molecule has 0 spiro atoms.